The molecule has 0 bridgehead atoms. The first-order valence-corrected chi connectivity index (χ1v) is 7.96. The maximum atomic E-state index is 12.1. The van der Waals surface area contributed by atoms with Gasteiger partial charge in [-0.15, -0.1) is 0 Å². The second-order valence-corrected chi connectivity index (χ2v) is 6.19. The van der Waals surface area contributed by atoms with Crippen molar-refractivity contribution in [3.05, 3.63) is 61.0 Å². The fourth-order valence-electron chi connectivity index (χ4n) is 2.46. The zero-order valence-corrected chi connectivity index (χ0v) is 14.7. The van der Waals surface area contributed by atoms with Crippen LogP contribution in [0.2, 0.25) is 10.0 Å². The lowest BCUT2D eigenvalue weighted by Crippen LogP contribution is -2.18. The molecular weight excluding hydrogens is 349 g/mol. The van der Waals surface area contributed by atoms with Crippen LogP contribution in [0.1, 0.15) is 28.8 Å². The van der Waals surface area contributed by atoms with Crippen LogP contribution in [0.25, 0.3) is 0 Å². The lowest BCUT2D eigenvalue weighted by Gasteiger charge is -2.11. The monoisotopic (exact) mass is 363 g/mol. The predicted molar refractivity (Wildman–Crippen MR) is 94.7 cm³/mol. The number of amides is 1. The van der Waals surface area contributed by atoms with Crippen LogP contribution in [0.5, 0.6) is 0 Å². The summed E-state index contributed by atoms with van der Waals surface area (Å²) in [6.45, 7) is 3.46. The summed E-state index contributed by atoms with van der Waals surface area (Å²) < 4.78 is 0. The summed E-state index contributed by atoms with van der Waals surface area (Å²) in [5.74, 6) is -0.234. The average Bonchev–Trinajstić information content (AvgIpc) is 2.50. The van der Waals surface area contributed by atoms with Gasteiger partial charge in [0, 0.05) is 17.1 Å². The first kappa shape index (κ1) is 18.1. The van der Waals surface area contributed by atoms with Crippen molar-refractivity contribution in [2.45, 2.75) is 26.7 Å². The Balaban J connectivity index is 2.14. The molecule has 0 saturated heterocycles. The van der Waals surface area contributed by atoms with E-state index in [9.17, 15) is 9.59 Å². The summed E-state index contributed by atoms with van der Waals surface area (Å²) in [6, 6.07) is 6.71. The Morgan fingerprint density at radius 1 is 1.33 bits per heavy atom. The Morgan fingerprint density at radius 2 is 2.04 bits per heavy atom. The zero-order valence-electron chi connectivity index (χ0n) is 13.2. The SMILES string of the molecule is Cc1[nH]c(=O)c(C#N)c(C)c1CCC(=O)Nc1cc(Cl)ccc1Cl. The number of carbonyl (C=O) groups excluding carboxylic acids is 1. The Morgan fingerprint density at radius 3 is 2.71 bits per heavy atom. The molecule has 0 unspecified atom stereocenters. The fraction of sp³-hybridized carbons (Fsp3) is 0.235. The van der Waals surface area contributed by atoms with Crippen molar-refractivity contribution < 1.29 is 4.79 Å². The second-order valence-electron chi connectivity index (χ2n) is 5.34. The van der Waals surface area contributed by atoms with Crippen molar-refractivity contribution in [2.75, 3.05) is 5.32 Å². The number of rotatable bonds is 4. The van der Waals surface area contributed by atoms with Gasteiger partial charge >= 0.3 is 0 Å². The number of halogens is 2. The molecule has 2 rings (SSSR count). The van der Waals surface area contributed by atoms with Crippen molar-refractivity contribution in [3.8, 4) is 6.07 Å². The van der Waals surface area contributed by atoms with Gasteiger partial charge in [-0.05, 0) is 49.6 Å². The molecule has 1 aromatic carbocycles. The molecule has 1 aromatic heterocycles. The third-order valence-corrected chi connectivity index (χ3v) is 4.29. The number of aryl methyl sites for hydroxylation is 1. The summed E-state index contributed by atoms with van der Waals surface area (Å²) in [6.07, 6.45) is 0.578. The van der Waals surface area contributed by atoms with Crippen LogP contribution in [0.3, 0.4) is 0 Å². The molecule has 0 fully saturated rings. The van der Waals surface area contributed by atoms with E-state index in [0.29, 0.717) is 33.4 Å². The van der Waals surface area contributed by atoms with Gasteiger partial charge in [0.2, 0.25) is 5.91 Å². The molecular formula is C17H15Cl2N3O2. The Hall–Kier alpha value is -2.29. The summed E-state index contributed by atoms with van der Waals surface area (Å²) in [5.41, 5.74) is 2.16. The number of nitrogens with zero attached hydrogens (tertiary/aromatic N) is 1. The number of benzene rings is 1. The average molecular weight is 364 g/mol. The number of H-pyrrole nitrogens is 1. The molecule has 1 amide bonds. The molecule has 0 spiro atoms. The van der Waals surface area contributed by atoms with Crippen LogP contribution in [-0.2, 0) is 11.2 Å². The lowest BCUT2D eigenvalue weighted by atomic mass is 9.99. The van der Waals surface area contributed by atoms with Gasteiger partial charge in [-0.3, -0.25) is 9.59 Å². The summed E-state index contributed by atoms with van der Waals surface area (Å²) in [4.78, 5) is 26.5. The number of hydrogen-bond donors (Lipinski definition) is 2. The van der Waals surface area contributed by atoms with E-state index in [4.69, 9.17) is 28.5 Å². The highest BCUT2D eigenvalue weighted by molar-refractivity contribution is 6.35. The van der Waals surface area contributed by atoms with Crippen molar-refractivity contribution in [1.29, 1.82) is 5.26 Å². The number of hydrogen-bond acceptors (Lipinski definition) is 3. The van der Waals surface area contributed by atoms with E-state index in [0.717, 1.165) is 5.56 Å². The van der Waals surface area contributed by atoms with E-state index < -0.39 is 5.56 Å². The minimum Gasteiger partial charge on any atom is -0.325 e. The van der Waals surface area contributed by atoms with E-state index in [-0.39, 0.29) is 17.9 Å². The van der Waals surface area contributed by atoms with Crippen molar-refractivity contribution in [1.82, 2.24) is 4.98 Å². The molecule has 5 nitrogen and oxygen atoms in total. The van der Waals surface area contributed by atoms with Gasteiger partial charge in [0.15, 0.2) is 0 Å². The molecule has 7 heteroatoms. The van der Waals surface area contributed by atoms with E-state index in [1.807, 2.05) is 6.07 Å². The first-order chi connectivity index (χ1) is 11.3. The highest BCUT2D eigenvalue weighted by atomic mass is 35.5. The van der Waals surface area contributed by atoms with Gasteiger partial charge in [0.25, 0.3) is 5.56 Å². The van der Waals surface area contributed by atoms with E-state index in [2.05, 4.69) is 10.3 Å². The molecule has 1 heterocycles. The van der Waals surface area contributed by atoms with Crippen LogP contribution in [-0.4, -0.2) is 10.9 Å². The Labute approximate surface area is 149 Å². The Kier molecular flexibility index (Phi) is 5.66. The van der Waals surface area contributed by atoms with Gasteiger partial charge in [0.05, 0.1) is 10.7 Å². The summed E-state index contributed by atoms with van der Waals surface area (Å²) >= 11 is 11.9. The van der Waals surface area contributed by atoms with Crippen molar-refractivity contribution in [3.63, 3.8) is 0 Å². The first-order valence-electron chi connectivity index (χ1n) is 7.20. The highest BCUT2D eigenvalue weighted by Gasteiger charge is 2.14. The summed E-state index contributed by atoms with van der Waals surface area (Å²) in [7, 11) is 0. The third-order valence-electron chi connectivity index (χ3n) is 3.72. The van der Waals surface area contributed by atoms with E-state index >= 15 is 0 Å². The molecule has 0 atom stereocenters. The van der Waals surface area contributed by atoms with Gasteiger partial charge < -0.3 is 10.3 Å². The topological polar surface area (TPSA) is 85.8 Å². The van der Waals surface area contributed by atoms with Gasteiger partial charge in [-0.2, -0.15) is 5.26 Å². The van der Waals surface area contributed by atoms with Crippen LogP contribution in [0, 0.1) is 25.2 Å². The van der Waals surface area contributed by atoms with Gasteiger partial charge in [-0.25, -0.2) is 0 Å². The molecule has 0 aliphatic heterocycles. The van der Waals surface area contributed by atoms with Crippen LogP contribution in [0.15, 0.2) is 23.0 Å². The van der Waals surface area contributed by atoms with Crippen molar-refractivity contribution >= 4 is 34.8 Å². The molecule has 0 radical (unpaired) electrons. The molecule has 24 heavy (non-hydrogen) atoms. The molecule has 124 valence electrons. The zero-order chi connectivity index (χ0) is 17.9. The predicted octanol–water partition coefficient (Wildman–Crippen LogP) is 3.74. The smallest absolute Gasteiger partial charge is 0.266 e. The number of carbonyl (C=O) groups is 1. The third kappa shape index (κ3) is 3.97. The summed E-state index contributed by atoms with van der Waals surface area (Å²) in [5, 5.41) is 12.6. The normalized spacial score (nSPS) is 10.3. The van der Waals surface area contributed by atoms with E-state index in [1.54, 1.807) is 32.0 Å². The molecule has 2 N–H and O–H groups in total. The lowest BCUT2D eigenvalue weighted by molar-refractivity contribution is -0.116. The van der Waals surface area contributed by atoms with Crippen LogP contribution < -0.4 is 10.9 Å². The number of anilines is 1. The quantitative estimate of drug-likeness (QED) is 0.867. The number of nitrogens with one attached hydrogen (secondary N) is 2. The maximum absolute atomic E-state index is 12.1. The number of aromatic nitrogens is 1. The maximum Gasteiger partial charge on any atom is 0.266 e. The number of nitriles is 1. The fourth-order valence-corrected chi connectivity index (χ4v) is 2.80. The second kappa shape index (κ2) is 7.52. The van der Waals surface area contributed by atoms with Crippen molar-refractivity contribution in [2.24, 2.45) is 0 Å². The number of pyridine rings is 1. The van der Waals surface area contributed by atoms with Gasteiger partial charge in [-0.1, -0.05) is 23.2 Å². The molecule has 0 aliphatic rings. The van der Waals surface area contributed by atoms with Crippen LogP contribution >= 0.6 is 23.2 Å². The molecule has 0 aliphatic carbocycles. The Bertz CT molecular complexity index is 898. The molecule has 0 saturated carbocycles. The minimum atomic E-state index is -0.411. The largest absolute Gasteiger partial charge is 0.325 e. The minimum absolute atomic E-state index is 0.0777. The highest BCUT2D eigenvalue weighted by Crippen LogP contribution is 2.25. The van der Waals surface area contributed by atoms with Crippen LogP contribution in [0.4, 0.5) is 5.69 Å². The number of aromatic amines is 1. The standard InChI is InChI=1S/C17H15Cl2N3O2/c1-9-12(10(2)21-17(24)13(9)8-20)4-6-16(23)22-15-7-11(18)3-5-14(15)19/h3,5,7H,4,6H2,1-2H3,(H,21,24)(H,22,23). The van der Waals surface area contributed by atoms with E-state index in [1.165, 1.54) is 0 Å². The van der Waals surface area contributed by atoms with Gasteiger partial charge in [0.1, 0.15) is 11.6 Å². The molecule has 2 aromatic rings.